The number of aromatic nitrogens is 2. The molecular weight excluding hydrogens is 188 g/mol. The minimum atomic E-state index is 0.507. The van der Waals surface area contributed by atoms with Crippen LogP contribution in [-0.4, -0.2) is 28.4 Å². The third-order valence-electron chi connectivity index (χ3n) is 2.69. The van der Waals surface area contributed by atoms with E-state index in [2.05, 4.69) is 22.7 Å². The van der Waals surface area contributed by atoms with Gasteiger partial charge in [0.15, 0.2) is 0 Å². The van der Waals surface area contributed by atoms with Gasteiger partial charge in [-0.2, -0.15) is 5.10 Å². The number of aryl methyl sites for hydroxylation is 1. The van der Waals surface area contributed by atoms with Crippen LogP contribution in [0.2, 0.25) is 0 Å². The number of rotatable bonds is 6. The Morgan fingerprint density at radius 2 is 2.40 bits per heavy atom. The lowest BCUT2D eigenvalue weighted by Crippen LogP contribution is -2.36. The predicted molar refractivity (Wildman–Crippen MR) is 60.5 cm³/mol. The van der Waals surface area contributed by atoms with Crippen LogP contribution in [0.15, 0.2) is 12.3 Å². The lowest BCUT2D eigenvalue weighted by atomic mass is 10.3. The van der Waals surface area contributed by atoms with Crippen molar-refractivity contribution in [2.45, 2.75) is 38.4 Å². The van der Waals surface area contributed by atoms with E-state index in [1.54, 1.807) is 0 Å². The Bertz CT molecular complexity index is 303. The summed E-state index contributed by atoms with van der Waals surface area (Å²) in [5, 5.41) is 11.3. The fraction of sp³-hybridized carbons (Fsp3) is 0.727. The van der Waals surface area contributed by atoms with Gasteiger partial charge in [-0.25, -0.2) is 0 Å². The van der Waals surface area contributed by atoms with E-state index >= 15 is 0 Å². The molecule has 2 rings (SSSR count). The van der Waals surface area contributed by atoms with E-state index in [0.29, 0.717) is 6.04 Å². The molecule has 1 aromatic rings. The van der Waals surface area contributed by atoms with Crippen molar-refractivity contribution < 1.29 is 0 Å². The largest absolute Gasteiger partial charge is 0.312 e. The fourth-order valence-corrected chi connectivity index (χ4v) is 1.54. The maximum absolute atomic E-state index is 4.32. The second kappa shape index (κ2) is 4.77. The molecular formula is C11H20N4. The van der Waals surface area contributed by atoms with E-state index in [1.165, 1.54) is 12.8 Å². The third-order valence-corrected chi connectivity index (χ3v) is 2.69. The van der Waals surface area contributed by atoms with Crippen LogP contribution in [0.25, 0.3) is 0 Å². The Hall–Kier alpha value is -0.870. The maximum atomic E-state index is 4.32. The molecule has 0 saturated heterocycles. The summed E-state index contributed by atoms with van der Waals surface area (Å²) in [5.74, 6) is 0. The van der Waals surface area contributed by atoms with E-state index < -0.39 is 0 Å². The maximum Gasteiger partial charge on any atom is 0.0762 e. The fourth-order valence-electron chi connectivity index (χ4n) is 1.54. The number of hydrogen-bond acceptors (Lipinski definition) is 3. The molecule has 0 aliphatic heterocycles. The second-order valence-electron chi connectivity index (χ2n) is 4.45. The van der Waals surface area contributed by atoms with Crippen molar-refractivity contribution in [3.8, 4) is 0 Å². The first-order valence-corrected chi connectivity index (χ1v) is 5.69. The Labute approximate surface area is 91.1 Å². The number of hydrogen-bond donors (Lipinski definition) is 2. The van der Waals surface area contributed by atoms with Gasteiger partial charge in [-0.3, -0.25) is 4.68 Å². The predicted octanol–water partition coefficient (Wildman–Crippen LogP) is 0.650. The molecule has 1 heterocycles. The Morgan fingerprint density at radius 1 is 1.60 bits per heavy atom. The van der Waals surface area contributed by atoms with Crippen LogP contribution in [0.5, 0.6) is 0 Å². The van der Waals surface area contributed by atoms with Gasteiger partial charge >= 0.3 is 0 Å². The summed E-state index contributed by atoms with van der Waals surface area (Å²) in [7, 11) is 1.95. The van der Waals surface area contributed by atoms with Crippen LogP contribution < -0.4 is 10.6 Å². The smallest absolute Gasteiger partial charge is 0.0762 e. The first kappa shape index (κ1) is 10.6. The molecule has 0 spiro atoms. The zero-order chi connectivity index (χ0) is 10.7. The van der Waals surface area contributed by atoms with Gasteiger partial charge in [0.25, 0.3) is 0 Å². The summed E-state index contributed by atoms with van der Waals surface area (Å²) in [6, 6.07) is 3.35. The Morgan fingerprint density at radius 3 is 3.00 bits per heavy atom. The van der Waals surface area contributed by atoms with E-state index in [9.17, 15) is 0 Å². The van der Waals surface area contributed by atoms with E-state index in [4.69, 9.17) is 0 Å². The lowest BCUT2D eigenvalue weighted by molar-refractivity contribution is 0.494. The summed E-state index contributed by atoms with van der Waals surface area (Å²) < 4.78 is 1.84. The van der Waals surface area contributed by atoms with Crippen molar-refractivity contribution in [3.05, 3.63) is 18.0 Å². The highest BCUT2D eigenvalue weighted by Gasteiger charge is 2.20. The van der Waals surface area contributed by atoms with Crippen LogP contribution >= 0.6 is 0 Å². The molecule has 0 aromatic carbocycles. The molecule has 1 atom stereocenters. The second-order valence-corrected chi connectivity index (χ2v) is 4.45. The van der Waals surface area contributed by atoms with Gasteiger partial charge in [0.05, 0.1) is 5.69 Å². The minimum Gasteiger partial charge on any atom is -0.312 e. The van der Waals surface area contributed by atoms with Crippen LogP contribution in [0.1, 0.15) is 25.5 Å². The van der Waals surface area contributed by atoms with Gasteiger partial charge in [0.1, 0.15) is 0 Å². The number of nitrogens with zero attached hydrogens (tertiary/aromatic N) is 2. The van der Waals surface area contributed by atoms with Crippen molar-refractivity contribution in [2.75, 3.05) is 6.54 Å². The van der Waals surface area contributed by atoms with Crippen molar-refractivity contribution >= 4 is 0 Å². The summed E-state index contributed by atoms with van der Waals surface area (Å²) >= 11 is 0. The molecule has 1 aliphatic rings. The van der Waals surface area contributed by atoms with Crippen LogP contribution in [-0.2, 0) is 13.6 Å². The molecule has 0 bridgehead atoms. The average molecular weight is 208 g/mol. The molecule has 2 N–H and O–H groups in total. The molecule has 1 fully saturated rings. The van der Waals surface area contributed by atoms with Gasteiger partial charge in [0.2, 0.25) is 0 Å². The van der Waals surface area contributed by atoms with E-state index in [0.717, 1.165) is 24.8 Å². The highest BCUT2D eigenvalue weighted by atomic mass is 15.3. The topological polar surface area (TPSA) is 41.9 Å². The lowest BCUT2D eigenvalue weighted by Gasteiger charge is -2.13. The summed E-state index contributed by atoms with van der Waals surface area (Å²) in [5.41, 5.74) is 1.11. The van der Waals surface area contributed by atoms with E-state index in [1.807, 2.05) is 24.0 Å². The zero-order valence-electron chi connectivity index (χ0n) is 9.53. The Kier molecular flexibility index (Phi) is 3.38. The summed E-state index contributed by atoms with van der Waals surface area (Å²) in [6.45, 7) is 4.12. The van der Waals surface area contributed by atoms with Crippen LogP contribution in [0, 0.1) is 0 Å². The highest BCUT2D eigenvalue weighted by Crippen LogP contribution is 2.18. The van der Waals surface area contributed by atoms with Gasteiger partial charge in [-0.1, -0.05) is 0 Å². The normalized spacial score (nSPS) is 18.0. The minimum absolute atomic E-state index is 0.507. The SMILES string of the molecule is CC(CNC1CC1)NCc1ccn(C)n1. The first-order valence-electron chi connectivity index (χ1n) is 5.69. The molecule has 1 saturated carbocycles. The van der Waals surface area contributed by atoms with Crippen LogP contribution in [0.4, 0.5) is 0 Å². The monoisotopic (exact) mass is 208 g/mol. The molecule has 4 heteroatoms. The van der Waals surface area contributed by atoms with Crippen molar-refractivity contribution in [3.63, 3.8) is 0 Å². The highest BCUT2D eigenvalue weighted by molar-refractivity contribution is 4.98. The number of nitrogens with one attached hydrogen (secondary N) is 2. The van der Waals surface area contributed by atoms with Crippen molar-refractivity contribution in [2.24, 2.45) is 7.05 Å². The van der Waals surface area contributed by atoms with E-state index in [-0.39, 0.29) is 0 Å². The van der Waals surface area contributed by atoms with Gasteiger partial charge in [0, 0.05) is 38.4 Å². The summed E-state index contributed by atoms with van der Waals surface area (Å²) in [4.78, 5) is 0. The molecule has 1 aromatic heterocycles. The van der Waals surface area contributed by atoms with Gasteiger partial charge < -0.3 is 10.6 Å². The van der Waals surface area contributed by atoms with Crippen molar-refractivity contribution in [1.82, 2.24) is 20.4 Å². The summed E-state index contributed by atoms with van der Waals surface area (Å²) in [6.07, 6.45) is 4.68. The Balaban J connectivity index is 1.63. The molecule has 4 nitrogen and oxygen atoms in total. The third kappa shape index (κ3) is 3.64. The van der Waals surface area contributed by atoms with Crippen LogP contribution in [0.3, 0.4) is 0 Å². The zero-order valence-corrected chi connectivity index (χ0v) is 9.53. The molecule has 84 valence electrons. The van der Waals surface area contributed by atoms with Crippen molar-refractivity contribution in [1.29, 1.82) is 0 Å². The average Bonchev–Trinajstić information content (AvgIpc) is 2.95. The van der Waals surface area contributed by atoms with Gasteiger partial charge in [-0.05, 0) is 25.8 Å². The molecule has 1 aliphatic carbocycles. The molecule has 0 amide bonds. The molecule has 1 unspecified atom stereocenters. The standard InChI is InChI=1S/C11H20N4/c1-9(7-13-10-3-4-10)12-8-11-5-6-15(2)14-11/h5-6,9-10,12-13H,3-4,7-8H2,1-2H3. The molecule has 0 radical (unpaired) electrons. The first-order chi connectivity index (χ1) is 7.24. The quantitative estimate of drug-likeness (QED) is 0.721. The molecule has 15 heavy (non-hydrogen) atoms. The van der Waals surface area contributed by atoms with Gasteiger partial charge in [-0.15, -0.1) is 0 Å².